The van der Waals surface area contributed by atoms with Crippen molar-refractivity contribution in [1.82, 2.24) is 5.32 Å². The van der Waals surface area contributed by atoms with E-state index in [0.29, 0.717) is 10.6 Å². The van der Waals surface area contributed by atoms with Gasteiger partial charge in [-0.25, -0.2) is 0 Å². The van der Waals surface area contributed by atoms with Gasteiger partial charge in [0.1, 0.15) is 5.76 Å². The molecule has 0 bridgehead atoms. The van der Waals surface area contributed by atoms with Crippen molar-refractivity contribution < 1.29 is 4.42 Å². The van der Waals surface area contributed by atoms with Crippen LogP contribution < -0.4 is 5.32 Å². The van der Waals surface area contributed by atoms with Crippen LogP contribution in [0.5, 0.6) is 0 Å². The predicted octanol–water partition coefficient (Wildman–Crippen LogP) is 4.24. The molecule has 92 valence electrons. The summed E-state index contributed by atoms with van der Waals surface area (Å²) in [6.45, 7) is 8.65. The molecule has 0 aliphatic heterocycles. The van der Waals surface area contributed by atoms with Crippen LogP contribution >= 0.6 is 11.6 Å². The maximum absolute atomic E-state index is 5.68. The van der Waals surface area contributed by atoms with E-state index < -0.39 is 0 Å². The lowest BCUT2D eigenvalue weighted by molar-refractivity contribution is 0.357. The quantitative estimate of drug-likeness (QED) is 0.756. The van der Waals surface area contributed by atoms with Gasteiger partial charge in [-0.2, -0.15) is 0 Å². The highest BCUT2D eigenvalue weighted by Crippen LogP contribution is 2.21. The summed E-state index contributed by atoms with van der Waals surface area (Å²) >= 11 is 5.68. The first-order chi connectivity index (χ1) is 7.47. The molecule has 0 amide bonds. The zero-order valence-corrected chi connectivity index (χ0v) is 11.2. The van der Waals surface area contributed by atoms with E-state index in [1.165, 1.54) is 19.3 Å². The maximum Gasteiger partial charge on any atom is 0.193 e. The second-order valence-corrected chi connectivity index (χ2v) is 5.77. The van der Waals surface area contributed by atoms with Gasteiger partial charge in [-0.05, 0) is 48.5 Å². The van der Waals surface area contributed by atoms with E-state index in [1.54, 1.807) is 6.07 Å². The summed E-state index contributed by atoms with van der Waals surface area (Å²) in [6.07, 6.45) is 3.77. The highest BCUT2D eigenvalue weighted by atomic mass is 35.5. The first kappa shape index (κ1) is 13.6. The molecule has 0 radical (unpaired) electrons. The predicted molar refractivity (Wildman–Crippen MR) is 68.7 cm³/mol. The number of hydrogen-bond acceptors (Lipinski definition) is 2. The van der Waals surface area contributed by atoms with Crippen LogP contribution in [0.25, 0.3) is 0 Å². The lowest BCUT2D eigenvalue weighted by Crippen LogP contribution is -2.15. The molecule has 1 rings (SSSR count). The molecule has 16 heavy (non-hydrogen) atoms. The van der Waals surface area contributed by atoms with Gasteiger partial charge in [0.05, 0.1) is 6.54 Å². The third-order valence-corrected chi connectivity index (χ3v) is 2.66. The molecule has 1 aromatic heterocycles. The third-order valence-electron chi connectivity index (χ3n) is 2.46. The van der Waals surface area contributed by atoms with Gasteiger partial charge in [0.15, 0.2) is 5.22 Å². The first-order valence-corrected chi connectivity index (χ1v) is 6.30. The van der Waals surface area contributed by atoms with Gasteiger partial charge in [-0.15, -0.1) is 0 Å². The summed E-state index contributed by atoms with van der Waals surface area (Å²) in [5.41, 5.74) is 0.453. The van der Waals surface area contributed by atoms with E-state index in [4.69, 9.17) is 16.0 Å². The van der Waals surface area contributed by atoms with Gasteiger partial charge in [0, 0.05) is 0 Å². The standard InChI is InChI=1S/C13H22ClNO/c1-13(2,3)8-4-5-9-15-10-11-6-7-12(14)16-11/h6-7,15H,4-5,8-10H2,1-3H3. The average molecular weight is 244 g/mol. The number of unbranched alkanes of at least 4 members (excludes halogenated alkanes) is 1. The molecule has 0 aliphatic carbocycles. The monoisotopic (exact) mass is 243 g/mol. The number of halogens is 1. The maximum atomic E-state index is 5.68. The van der Waals surface area contributed by atoms with E-state index in [9.17, 15) is 0 Å². The Morgan fingerprint density at radius 3 is 2.56 bits per heavy atom. The fourth-order valence-corrected chi connectivity index (χ4v) is 1.73. The lowest BCUT2D eigenvalue weighted by Gasteiger charge is -2.17. The third kappa shape index (κ3) is 6.19. The van der Waals surface area contributed by atoms with Crippen LogP contribution in [-0.2, 0) is 6.54 Å². The molecule has 0 aromatic carbocycles. The summed E-state index contributed by atoms with van der Waals surface area (Å²) in [6, 6.07) is 3.68. The zero-order chi connectivity index (χ0) is 12.0. The minimum atomic E-state index is 0.453. The van der Waals surface area contributed by atoms with E-state index in [1.807, 2.05) is 6.07 Å². The molecule has 0 atom stereocenters. The molecule has 0 aliphatic rings. The molecular weight excluding hydrogens is 222 g/mol. The fourth-order valence-electron chi connectivity index (χ4n) is 1.56. The van der Waals surface area contributed by atoms with Crippen molar-refractivity contribution in [3.8, 4) is 0 Å². The lowest BCUT2D eigenvalue weighted by atomic mass is 9.90. The fraction of sp³-hybridized carbons (Fsp3) is 0.692. The molecule has 1 N–H and O–H groups in total. The van der Waals surface area contributed by atoms with Crippen molar-refractivity contribution >= 4 is 11.6 Å². The number of hydrogen-bond donors (Lipinski definition) is 1. The Labute approximate surface area is 103 Å². The second-order valence-electron chi connectivity index (χ2n) is 5.40. The average Bonchev–Trinajstić information content (AvgIpc) is 2.56. The molecule has 3 heteroatoms. The second kappa shape index (κ2) is 6.31. The minimum absolute atomic E-state index is 0.453. The Balaban J connectivity index is 2.00. The smallest absolute Gasteiger partial charge is 0.193 e. The molecular formula is C13H22ClNO. The van der Waals surface area contributed by atoms with Crippen LogP contribution in [0.3, 0.4) is 0 Å². The number of furan rings is 1. The van der Waals surface area contributed by atoms with E-state index in [2.05, 4.69) is 26.1 Å². The number of rotatable bonds is 6. The Morgan fingerprint density at radius 2 is 2.00 bits per heavy atom. The highest BCUT2D eigenvalue weighted by Gasteiger charge is 2.08. The van der Waals surface area contributed by atoms with Crippen LogP contribution in [0, 0.1) is 5.41 Å². The summed E-state index contributed by atoms with van der Waals surface area (Å²) in [5, 5.41) is 3.81. The molecule has 0 spiro atoms. The van der Waals surface area contributed by atoms with E-state index in [-0.39, 0.29) is 0 Å². The van der Waals surface area contributed by atoms with Crippen LogP contribution in [0.4, 0.5) is 0 Å². The normalized spacial score (nSPS) is 12.0. The topological polar surface area (TPSA) is 25.2 Å². The van der Waals surface area contributed by atoms with Crippen molar-refractivity contribution in [2.75, 3.05) is 6.54 Å². The summed E-state index contributed by atoms with van der Waals surface area (Å²) < 4.78 is 5.25. The van der Waals surface area contributed by atoms with Crippen molar-refractivity contribution in [1.29, 1.82) is 0 Å². The molecule has 0 fully saturated rings. The largest absolute Gasteiger partial charge is 0.448 e. The van der Waals surface area contributed by atoms with Crippen LogP contribution in [0.2, 0.25) is 5.22 Å². The van der Waals surface area contributed by atoms with Gasteiger partial charge in [0.2, 0.25) is 0 Å². The molecule has 0 unspecified atom stereocenters. The summed E-state index contributed by atoms with van der Waals surface area (Å²) in [5.74, 6) is 0.904. The van der Waals surface area contributed by atoms with Gasteiger partial charge in [-0.1, -0.05) is 27.2 Å². The SMILES string of the molecule is CC(C)(C)CCCCNCc1ccc(Cl)o1. The molecule has 1 aromatic rings. The van der Waals surface area contributed by atoms with Crippen molar-refractivity contribution in [3.63, 3.8) is 0 Å². The Hall–Kier alpha value is -0.470. The van der Waals surface area contributed by atoms with E-state index >= 15 is 0 Å². The van der Waals surface area contributed by atoms with Crippen molar-refractivity contribution in [2.45, 2.75) is 46.6 Å². The van der Waals surface area contributed by atoms with E-state index in [0.717, 1.165) is 18.8 Å². The van der Waals surface area contributed by atoms with Gasteiger partial charge in [-0.3, -0.25) is 0 Å². The van der Waals surface area contributed by atoms with Crippen molar-refractivity contribution in [2.24, 2.45) is 5.41 Å². The molecule has 1 heterocycles. The molecule has 0 saturated heterocycles. The Morgan fingerprint density at radius 1 is 1.25 bits per heavy atom. The Bertz CT molecular complexity index is 301. The molecule has 2 nitrogen and oxygen atoms in total. The first-order valence-electron chi connectivity index (χ1n) is 5.92. The van der Waals surface area contributed by atoms with Crippen LogP contribution in [0.1, 0.15) is 45.8 Å². The highest BCUT2D eigenvalue weighted by molar-refractivity contribution is 6.28. The van der Waals surface area contributed by atoms with Gasteiger partial charge < -0.3 is 9.73 Å². The van der Waals surface area contributed by atoms with Gasteiger partial charge in [0.25, 0.3) is 0 Å². The summed E-state index contributed by atoms with van der Waals surface area (Å²) in [4.78, 5) is 0. The Kier molecular flexibility index (Phi) is 5.36. The van der Waals surface area contributed by atoms with Crippen LogP contribution in [-0.4, -0.2) is 6.54 Å². The van der Waals surface area contributed by atoms with Crippen LogP contribution in [0.15, 0.2) is 16.5 Å². The molecule has 0 saturated carbocycles. The van der Waals surface area contributed by atoms with Crippen molar-refractivity contribution in [3.05, 3.63) is 23.1 Å². The zero-order valence-electron chi connectivity index (χ0n) is 10.5. The minimum Gasteiger partial charge on any atom is -0.448 e. The number of nitrogens with one attached hydrogen (secondary N) is 1. The summed E-state index contributed by atoms with van der Waals surface area (Å²) in [7, 11) is 0. The van der Waals surface area contributed by atoms with Gasteiger partial charge >= 0.3 is 0 Å².